The molecule has 0 amide bonds. The summed E-state index contributed by atoms with van der Waals surface area (Å²) in [6.07, 6.45) is 5.12. The molecule has 2 heterocycles. The molecule has 0 aromatic carbocycles. The van der Waals surface area contributed by atoms with Gasteiger partial charge in [0.05, 0.1) is 6.07 Å². The lowest BCUT2D eigenvalue weighted by Gasteiger charge is -1.97. The molecule has 5 nitrogen and oxygen atoms in total. The summed E-state index contributed by atoms with van der Waals surface area (Å²) in [5, 5.41) is 8.67. The lowest BCUT2D eigenvalue weighted by molar-refractivity contribution is 0.846. The minimum atomic E-state index is -0.686. The largest absolute Gasteiger partial charge is 0.317 e. The van der Waals surface area contributed by atoms with Crippen molar-refractivity contribution in [3.8, 4) is 6.07 Å². The van der Waals surface area contributed by atoms with E-state index in [9.17, 15) is 4.79 Å². The average Bonchev–Trinajstić information content (AvgIpc) is 2.67. The predicted octanol–water partition coefficient (Wildman–Crippen LogP) is 0.161. The van der Waals surface area contributed by atoms with E-state index in [0.29, 0.717) is 11.1 Å². The normalized spacial score (nSPS) is 12.6. The standard InChI is InChI=1S/C10H10N4O/c1-13-2-3-14-6-7(8(12)5-11)4-9(14)10(13)15/h2-4,6,8H,12H2,1H3. The maximum atomic E-state index is 11.7. The Morgan fingerprint density at radius 2 is 2.27 bits per heavy atom. The molecule has 1 atom stereocenters. The molecule has 0 saturated heterocycles. The Hall–Kier alpha value is -2.06. The highest BCUT2D eigenvalue weighted by Gasteiger charge is 2.09. The number of hydrogen-bond acceptors (Lipinski definition) is 3. The van der Waals surface area contributed by atoms with Crippen molar-refractivity contribution in [3.05, 3.63) is 40.6 Å². The van der Waals surface area contributed by atoms with Gasteiger partial charge in [-0.25, -0.2) is 0 Å². The van der Waals surface area contributed by atoms with Gasteiger partial charge in [-0.15, -0.1) is 0 Å². The predicted molar refractivity (Wildman–Crippen MR) is 55.2 cm³/mol. The van der Waals surface area contributed by atoms with Crippen molar-refractivity contribution in [2.45, 2.75) is 6.04 Å². The molecule has 0 aliphatic rings. The Morgan fingerprint density at radius 3 is 2.93 bits per heavy atom. The Morgan fingerprint density at radius 1 is 1.53 bits per heavy atom. The fourth-order valence-electron chi connectivity index (χ4n) is 1.46. The van der Waals surface area contributed by atoms with E-state index in [1.165, 1.54) is 4.57 Å². The van der Waals surface area contributed by atoms with Gasteiger partial charge >= 0.3 is 0 Å². The summed E-state index contributed by atoms with van der Waals surface area (Å²) in [5.41, 5.74) is 6.64. The molecule has 2 aromatic rings. The molecular weight excluding hydrogens is 192 g/mol. The zero-order valence-corrected chi connectivity index (χ0v) is 8.21. The van der Waals surface area contributed by atoms with Crippen LogP contribution in [0.25, 0.3) is 5.52 Å². The summed E-state index contributed by atoms with van der Waals surface area (Å²) in [7, 11) is 1.68. The lowest BCUT2D eigenvalue weighted by atomic mass is 10.2. The van der Waals surface area contributed by atoms with E-state index in [1.807, 2.05) is 6.07 Å². The van der Waals surface area contributed by atoms with E-state index in [1.54, 1.807) is 36.1 Å². The first-order valence-corrected chi connectivity index (χ1v) is 4.46. The van der Waals surface area contributed by atoms with Crippen LogP contribution < -0.4 is 11.3 Å². The van der Waals surface area contributed by atoms with Crippen LogP contribution in [0.15, 0.2) is 29.5 Å². The van der Waals surface area contributed by atoms with Crippen LogP contribution in [-0.4, -0.2) is 8.97 Å². The molecule has 2 rings (SSSR count). The minimum absolute atomic E-state index is 0.103. The van der Waals surface area contributed by atoms with Gasteiger partial charge in [0.1, 0.15) is 11.6 Å². The van der Waals surface area contributed by atoms with Gasteiger partial charge in [0, 0.05) is 31.2 Å². The fraction of sp³-hybridized carbons (Fsp3) is 0.200. The molecule has 76 valence electrons. The van der Waals surface area contributed by atoms with Gasteiger partial charge < -0.3 is 14.7 Å². The molecule has 1 unspecified atom stereocenters. The van der Waals surface area contributed by atoms with Crippen LogP contribution in [0, 0.1) is 11.3 Å². The fourth-order valence-corrected chi connectivity index (χ4v) is 1.46. The van der Waals surface area contributed by atoms with E-state index in [-0.39, 0.29) is 5.56 Å². The van der Waals surface area contributed by atoms with Crippen molar-refractivity contribution >= 4 is 5.52 Å². The molecular formula is C10H10N4O. The summed E-state index contributed by atoms with van der Waals surface area (Å²) < 4.78 is 3.16. The Balaban J connectivity index is 2.73. The van der Waals surface area contributed by atoms with E-state index in [0.717, 1.165) is 0 Å². The van der Waals surface area contributed by atoms with Gasteiger partial charge in [-0.05, 0) is 6.07 Å². The van der Waals surface area contributed by atoms with Crippen LogP contribution in [0.1, 0.15) is 11.6 Å². The molecule has 0 fully saturated rings. The monoisotopic (exact) mass is 202 g/mol. The summed E-state index contributed by atoms with van der Waals surface area (Å²) in [6.45, 7) is 0. The third kappa shape index (κ3) is 1.41. The minimum Gasteiger partial charge on any atom is -0.317 e. The van der Waals surface area contributed by atoms with Crippen LogP contribution >= 0.6 is 0 Å². The third-order valence-electron chi connectivity index (χ3n) is 2.36. The molecule has 0 aliphatic heterocycles. The average molecular weight is 202 g/mol. The second-order valence-corrected chi connectivity index (χ2v) is 3.39. The van der Waals surface area contributed by atoms with Gasteiger partial charge in [0.25, 0.3) is 5.56 Å². The Labute approximate surface area is 86.0 Å². The quantitative estimate of drug-likeness (QED) is 0.715. The first-order chi connectivity index (χ1) is 7.13. The van der Waals surface area contributed by atoms with Gasteiger partial charge in [-0.1, -0.05) is 0 Å². The third-order valence-corrected chi connectivity index (χ3v) is 2.36. The topological polar surface area (TPSA) is 76.2 Å². The number of aryl methyl sites for hydroxylation is 1. The molecule has 5 heteroatoms. The Kier molecular flexibility index (Phi) is 2.06. The molecule has 0 radical (unpaired) electrons. The van der Waals surface area contributed by atoms with E-state index in [4.69, 9.17) is 11.0 Å². The van der Waals surface area contributed by atoms with Crippen molar-refractivity contribution in [1.82, 2.24) is 8.97 Å². The van der Waals surface area contributed by atoms with E-state index >= 15 is 0 Å². The SMILES string of the molecule is Cn1ccn2cc(C(N)C#N)cc2c1=O. The number of aromatic nitrogens is 2. The van der Waals surface area contributed by atoms with E-state index < -0.39 is 6.04 Å². The molecule has 2 aromatic heterocycles. The molecule has 15 heavy (non-hydrogen) atoms. The van der Waals surface area contributed by atoms with Gasteiger partial charge in [0.15, 0.2) is 0 Å². The van der Waals surface area contributed by atoms with Crippen molar-refractivity contribution in [2.75, 3.05) is 0 Å². The van der Waals surface area contributed by atoms with Crippen LogP contribution in [0.2, 0.25) is 0 Å². The maximum Gasteiger partial charge on any atom is 0.274 e. The number of nitrogens with two attached hydrogens (primary N) is 1. The molecule has 0 bridgehead atoms. The summed E-state index contributed by atoms with van der Waals surface area (Å²) in [5.74, 6) is 0. The number of nitrogens with zero attached hydrogens (tertiary/aromatic N) is 3. The number of hydrogen-bond donors (Lipinski definition) is 1. The highest BCUT2D eigenvalue weighted by Crippen LogP contribution is 2.12. The molecule has 0 saturated carbocycles. The van der Waals surface area contributed by atoms with Crippen molar-refractivity contribution in [3.63, 3.8) is 0 Å². The number of rotatable bonds is 1. The zero-order valence-electron chi connectivity index (χ0n) is 8.21. The zero-order chi connectivity index (χ0) is 11.0. The van der Waals surface area contributed by atoms with Crippen LogP contribution in [-0.2, 0) is 7.05 Å². The molecule has 0 aliphatic carbocycles. The van der Waals surface area contributed by atoms with Crippen molar-refractivity contribution in [1.29, 1.82) is 5.26 Å². The second-order valence-electron chi connectivity index (χ2n) is 3.39. The summed E-state index contributed by atoms with van der Waals surface area (Å²) in [4.78, 5) is 11.7. The first kappa shape index (κ1) is 9.49. The van der Waals surface area contributed by atoms with E-state index in [2.05, 4.69) is 0 Å². The van der Waals surface area contributed by atoms with Gasteiger partial charge in [-0.3, -0.25) is 4.79 Å². The highest BCUT2D eigenvalue weighted by molar-refractivity contribution is 5.50. The summed E-state index contributed by atoms with van der Waals surface area (Å²) in [6, 6.07) is 2.90. The number of nitriles is 1. The van der Waals surface area contributed by atoms with Crippen LogP contribution in [0.5, 0.6) is 0 Å². The summed E-state index contributed by atoms with van der Waals surface area (Å²) >= 11 is 0. The molecule has 0 spiro atoms. The van der Waals surface area contributed by atoms with Gasteiger partial charge in [-0.2, -0.15) is 5.26 Å². The first-order valence-electron chi connectivity index (χ1n) is 4.46. The lowest BCUT2D eigenvalue weighted by Crippen LogP contribution is -2.17. The van der Waals surface area contributed by atoms with Crippen molar-refractivity contribution in [2.24, 2.45) is 12.8 Å². The maximum absolute atomic E-state index is 11.7. The van der Waals surface area contributed by atoms with Crippen molar-refractivity contribution < 1.29 is 0 Å². The number of fused-ring (bicyclic) bond motifs is 1. The highest BCUT2D eigenvalue weighted by atomic mass is 16.1. The smallest absolute Gasteiger partial charge is 0.274 e. The second kappa shape index (κ2) is 3.26. The van der Waals surface area contributed by atoms with Crippen LogP contribution in [0.4, 0.5) is 0 Å². The Bertz CT molecular complexity index is 602. The van der Waals surface area contributed by atoms with Gasteiger partial charge in [0.2, 0.25) is 0 Å². The molecule has 2 N–H and O–H groups in total. The van der Waals surface area contributed by atoms with Crippen LogP contribution in [0.3, 0.4) is 0 Å².